The molecule has 13 heteroatoms. The maximum Gasteiger partial charge on any atom is 0.452 e. The number of nitrogens with two attached hydrogens (primary N) is 1. The number of Topliss-reactive ketones (excluding diaryl/α,β-unsaturated/α-hetero) is 1. The summed E-state index contributed by atoms with van der Waals surface area (Å²) in [5.41, 5.74) is 3.71. The van der Waals surface area contributed by atoms with Crippen molar-refractivity contribution >= 4 is 35.2 Å². The lowest BCUT2D eigenvalue weighted by atomic mass is 9.89. The van der Waals surface area contributed by atoms with Crippen LogP contribution in [-0.2, 0) is 19.2 Å². The van der Waals surface area contributed by atoms with Crippen LogP contribution in [0.3, 0.4) is 0 Å². The Balaban J connectivity index is 2.53. The molecule has 37 heavy (non-hydrogen) atoms. The van der Waals surface area contributed by atoms with Crippen molar-refractivity contribution in [2.45, 2.75) is 64.3 Å². The summed E-state index contributed by atoms with van der Waals surface area (Å²) in [5.74, 6) is -7.78. The Morgan fingerprint density at radius 3 is 2.03 bits per heavy atom. The van der Waals surface area contributed by atoms with Gasteiger partial charge < -0.3 is 26.4 Å². The molecule has 0 aromatic heterocycles. The van der Waals surface area contributed by atoms with Gasteiger partial charge >= 0.3 is 12.1 Å². The van der Waals surface area contributed by atoms with Crippen molar-refractivity contribution < 1.29 is 42.3 Å². The highest BCUT2D eigenvalue weighted by Crippen LogP contribution is 2.33. The first kappa shape index (κ1) is 29.7. The van der Waals surface area contributed by atoms with E-state index in [1.54, 1.807) is 13.8 Å². The molecule has 5 N–H and O–H groups in total. The number of likely N-dealkylation sites (tertiary alicyclic amines) is 1. The van der Waals surface area contributed by atoms with E-state index in [0.29, 0.717) is 0 Å². The van der Waals surface area contributed by atoms with Gasteiger partial charge in [-0.05, 0) is 48.9 Å². The van der Waals surface area contributed by atoms with Crippen LogP contribution in [0.15, 0.2) is 24.3 Å². The summed E-state index contributed by atoms with van der Waals surface area (Å²) < 4.78 is 39.6. The number of hydrogen-bond acceptors (Lipinski definition) is 6. The van der Waals surface area contributed by atoms with E-state index < -0.39 is 59.2 Å². The number of benzene rings is 1. The molecule has 1 aliphatic rings. The molecule has 1 heterocycles. The van der Waals surface area contributed by atoms with Crippen LogP contribution in [0.4, 0.5) is 18.9 Å². The van der Waals surface area contributed by atoms with Crippen molar-refractivity contribution in [3.05, 3.63) is 29.8 Å². The SMILES string of the molecule is CC(C)C(NC(=O)[C@]1(C(=O)Nc2ccc(C(=O)O)cc2)CCCN1C(=O)[C@@H](N)C(C)C)C(=O)C(F)(F)F. The molecular formula is C24H31F3N4O6. The van der Waals surface area contributed by atoms with Gasteiger partial charge in [-0.3, -0.25) is 19.2 Å². The van der Waals surface area contributed by atoms with Crippen molar-refractivity contribution in [1.82, 2.24) is 10.2 Å². The molecule has 1 unspecified atom stereocenters. The predicted octanol–water partition coefficient (Wildman–Crippen LogP) is 1.94. The molecule has 1 saturated heterocycles. The highest BCUT2D eigenvalue weighted by Gasteiger charge is 2.58. The van der Waals surface area contributed by atoms with Crippen LogP contribution in [0.1, 0.15) is 50.9 Å². The topological polar surface area (TPSA) is 159 Å². The van der Waals surface area contributed by atoms with Gasteiger partial charge in [0.05, 0.1) is 17.6 Å². The average molecular weight is 529 g/mol. The van der Waals surface area contributed by atoms with Gasteiger partial charge in [-0.1, -0.05) is 27.7 Å². The Morgan fingerprint density at radius 1 is 1.00 bits per heavy atom. The summed E-state index contributed by atoms with van der Waals surface area (Å²) in [6, 6.07) is 1.83. The summed E-state index contributed by atoms with van der Waals surface area (Å²) in [6.45, 7) is 5.84. The number of alkyl halides is 3. The zero-order valence-electron chi connectivity index (χ0n) is 20.9. The largest absolute Gasteiger partial charge is 0.478 e. The molecule has 0 aliphatic carbocycles. The predicted molar refractivity (Wildman–Crippen MR) is 126 cm³/mol. The molecule has 0 bridgehead atoms. The molecule has 3 amide bonds. The summed E-state index contributed by atoms with van der Waals surface area (Å²) in [5, 5.41) is 13.6. The number of aromatic carboxylic acids is 1. The minimum atomic E-state index is -5.24. The van der Waals surface area contributed by atoms with Crippen molar-refractivity contribution in [2.24, 2.45) is 17.6 Å². The molecule has 0 radical (unpaired) electrons. The first-order valence-electron chi connectivity index (χ1n) is 11.7. The third-order valence-corrected chi connectivity index (χ3v) is 6.31. The number of carbonyl (C=O) groups excluding carboxylic acids is 4. The second-order valence-corrected chi connectivity index (χ2v) is 9.62. The van der Waals surface area contributed by atoms with Crippen LogP contribution in [0, 0.1) is 11.8 Å². The molecule has 1 aromatic rings. The van der Waals surface area contributed by atoms with E-state index in [1.165, 1.54) is 38.1 Å². The Hall–Kier alpha value is -3.48. The molecule has 0 spiro atoms. The number of carboxylic acids is 1. The van der Waals surface area contributed by atoms with E-state index in [4.69, 9.17) is 10.8 Å². The molecule has 10 nitrogen and oxygen atoms in total. The van der Waals surface area contributed by atoms with Gasteiger partial charge in [-0.2, -0.15) is 13.2 Å². The van der Waals surface area contributed by atoms with Gasteiger partial charge in [0.1, 0.15) is 0 Å². The number of ketones is 1. The fourth-order valence-corrected chi connectivity index (χ4v) is 4.06. The van der Waals surface area contributed by atoms with Crippen LogP contribution in [0.5, 0.6) is 0 Å². The number of nitrogens with zero attached hydrogens (tertiary/aromatic N) is 1. The Kier molecular flexibility index (Phi) is 9.07. The fourth-order valence-electron chi connectivity index (χ4n) is 4.06. The highest BCUT2D eigenvalue weighted by atomic mass is 19.4. The lowest BCUT2D eigenvalue weighted by Gasteiger charge is -2.38. The average Bonchev–Trinajstić information content (AvgIpc) is 3.26. The molecule has 3 atom stereocenters. The summed E-state index contributed by atoms with van der Waals surface area (Å²) in [6.07, 6.45) is -5.32. The molecule has 204 valence electrons. The second-order valence-electron chi connectivity index (χ2n) is 9.62. The molecular weight excluding hydrogens is 497 g/mol. The van der Waals surface area contributed by atoms with Gasteiger partial charge in [0.2, 0.25) is 11.4 Å². The van der Waals surface area contributed by atoms with E-state index in [0.717, 1.165) is 4.90 Å². The van der Waals surface area contributed by atoms with Crippen LogP contribution < -0.4 is 16.4 Å². The standard InChI is InChI=1S/C24H31F3N4O6/c1-12(2)16(28)19(33)31-11-5-10-23(31,21(36)29-15-8-6-14(7-9-15)20(34)35)22(37)30-17(13(3)4)18(32)24(25,26)27/h6-9,12-13,16-17H,5,10-11,28H2,1-4H3,(H,29,36)(H,30,37)(H,34,35)/t16-,17?,23+/m0/s1. The van der Waals surface area contributed by atoms with E-state index in [1.807, 2.05) is 0 Å². The van der Waals surface area contributed by atoms with E-state index >= 15 is 0 Å². The number of amides is 3. The maximum atomic E-state index is 13.6. The molecule has 0 saturated carbocycles. The summed E-state index contributed by atoms with van der Waals surface area (Å²) in [7, 11) is 0. The maximum absolute atomic E-state index is 13.6. The summed E-state index contributed by atoms with van der Waals surface area (Å²) >= 11 is 0. The smallest absolute Gasteiger partial charge is 0.452 e. The van der Waals surface area contributed by atoms with Gasteiger partial charge in [0.25, 0.3) is 17.6 Å². The van der Waals surface area contributed by atoms with E-state index in [2.05, 4.69) is 10.6 Å². The van der Waals surface area contributed by atoms with Gasteiger partial charge in [0.15, 0.2) is 0 Å². The quantitative estimate of drug-likeness (QED) is 0.357. The number of nitrogens with one attached hydrogen (secondary N) is 2. The van der Waals surface area contributed by atoms with Gasteiger partial charge in [-0.15, -0.1) is 0 Å². The number of anilines is 1. The molecule has 1 aromatic carbocycles. The minimum absolute atomic E-state index is 0.0718. The normalized spacial score (nSPS) is 19.5. The number of carbonyl (C=O) groups is 5. The highest BCUT2D eigenvalue weighted by molar-refractivity contribution is 6.18. The van der Waals surface area contributed by atoms with Crippen LogP contribution in [-0.4, -0.2) is 69.8 Å². The molecule has 1 fully saturated rings. The fraction of sp³-hybridized carbons (Fsp3) is 0.542. The first-order valence-corrected chi connectivity index (χ1v) is 11.7. The van der Waals surface area contributed by atoms with Crippen LogP contribution in [0.2, 0.25) is 0 Å². The number of rotatable bonds is 9. The zero-order chi connectivity index (χ0) is 28.3. The van der Waals surface area contributed by atoms with Crippen molar-refractivity contribution in [3.63, 3.8) is 0 Å². The Bertz CT molecular complexity index is 1060. The Morgan fingerprint density at radius 2 is 1.57 bits per heavy atom. The van der Waals surface area contributed by atoms with Gasteiger partial charge in [-0.25, -0.2) is 4.79 Å². The number of halogens is 3. The molecule has 2 rings (SSSR count). The second kappa shape index (κ2) is 11.3. The van der Waals surface area contributed by atoms with Gasteiger partial charge in [0, 0.05) is 12.2 Å². The van der Waals surface area contributed by atoms with Crippen molar-refractivity contribution in [2.75, 3.05) is 11.9 Å². The van der Waals surface area contributed by atoms with E-state index in [9.17, 15) is 37.1 Å². The van der Waals surface area contributed by atoms with Crippen LogP contribution >= 0.6 is 0 Å². The number of hydrogen-bond donors (Lipinski definition) is 4. The summed E-state index contributed by atoms with van der Waals surface area (Å²) in [4.78, 5) is 64.5. The zero-order valence-corrected chi connectivity index (χ0v) is 20.9. The van der Waals surface area contributed by atoms with Crippen molar-refractivity contribution in [3.8, 4) is 0 Å². The minimum Gasteiger partial charge on any atom is -0.478 e. The first-order chi connectivity index (χ1) is 17.0. The number of carboxylic acid groups (broad SMARTS) is 1. The lowest BCUT2D eigenvalue weighted by molar-refractivity contribution is -0.175. The van der Waals surface area contributed by atoms with Crippen molar-refractivity contribution in [1.29, 1.82) is 0 Å². The third-order valence-electron chi connectivity index (χ3n) is 6.31. The Labute approximate surface area is 211 Å². The monoisotopic (exact) mass is 528 g/mol. The molecule has 1 aliphatic heterocycles. The third kappa shape index (κ3) is 6.27. The lowest BCUT2D eigenvalue weighted by Crippen LogP contribution is -2.68. The van der Waals surface area contributed by atoms with E-state index in [-0.39, 0.29) is 36.6 Å². The van der Waals surface area contributed by atoms with Crippen LogP contribution in [0.25, 0.3) is 0 Å².